The molecular formula is C14H30N2O. The van der Waals surface area contributed by atoms with E-state index in [2.05, 4.69) is 19.2 Å². The summed E-state index contributed by atoms with van der Waals surface area (Å²) in [5, 5.41) is 3.51. The van der Waals surface area contributed by atoms with Gasteiger partial charge in [0.05, 0.1) is 6.10 Å². The molecule has 0 spiro atoms. The molecule has 1 aliphatic heterocycles. The minimum Gasteiger partial charge on any atom is -0.377 e. The Labute approximate surface area is 106 Å². The lowest BCUT2D eigenvalue weighted by atomic mass is 9.94. The fraction of sp³-hybridized carbons (Fsp3) is 1.00. The maximum absolute atomic E-state index is 5.79. The summed E-state index contributed by atoms with van der Waals surface area (Å²) in [7, 11) is 0. The Morgan fingerprint density at radius 1 is 1.35 bits per heavy atom. The van der Waals surface area contributed by atoms with Gasteiger partial charge in [0.15, 0.2) is 0 Å². The molecule has 2 unspecified atom stereocenters. The van der Waals surface area contributed by atoms with Gasteiger partial charge in [0.1, 0.15) is 0 Å². The van der Waals surface area contributed by atoms with E-state index in [0.29, 0.717) is 12.0 Å². The first kappa shape index (κ1) is 14.9. The average Bonchev–Trinajstić information content (AvgIpc) is 2.34. The minimum absolute atomic E-state index is 0.449. The van der Waals surface area contributed by atoms with Gasteiger partial charge in [-0.15, -0.1) is 0 Å². The fourth-order valence-corrected chi connectivity index (χ4v) is 2.54. The summed E-state index contributed by atoms with van der Waals surface area (Å²) in [5.74, 6) is 1.43. The molecule has 1 heterocycles. The van der Waals surface area contributed by atoms with Crippen molar-refractivity contribution >= 4 is 0 Å². The van der Waals surface area contributed by atoms with Gasteiger partial charge in [-0.3, -0.25) is 0 Å². The van der Waals surface area contributed by atoms with E-state index in [4.69, 9.17) is 10.5 Å². The van der Waals surface area contributed by atoms with Crippen LogP contribution in [0.2, 0.25) is 0 Å². The second-order valence-electron chi connectivity index (χ2n) is 5.71. The van der Waals surface area contributed by atoms with E-state index in [9.17, 15) is 0 Å². The van der Waals surface area contributed by atoms with Crippen molar-refractivity contribution < 1.29 is 4.74 Å². The van der Waals surface area contributed by atoms with E-state index in [1.54, 1.807) is 0 Å². The van der Waals surface area contributed by atoms with Crippen LogP contribution in [0.4, 0.5) is 0 Å². The Morgan fingerprint density at radius 2 is 2.18 bits per heavy atom. The summed E-state index contributed by atoms with van der Waals surface area (Å²) in [6.07, 6.45) is 6.68. The zero-order chi connectivity index (χ0) is 12.5. The van der Waals surface area contributed by atoms with Gasteiger partial charge < -0.3 is 15.8 Å². The van der Waals surface area contributed by atoms with Crippen molar-refractivity contribution in [1.82, 2.24) is 5.32 Å². The molecule has 2 atom stereocenters. The minimum atomic E-state index is 0.449. The first-order valence-electron chi connectivity index (χ1n) is 7.24. The van der Waals surface area contributed by atoms with Crippen LogP contribution in [0.1, 0.15) is 46.0 Å². The molecule has 1 saturated heterocycles. The number of rotatable bonds is 8. The van der Waals surface area contributed by atoms with Crippen molar-refractivity contribution in [3.8, 4) is 0 Å². The third kappa shape index (κ3) is 7.02. The largest absolute Gasteiger partial charge is 0.377 e. The molecule has 0 amide bonds. The molecule has 3 N–H and O–H groups in total. The summed E-state index contributed by atoms with van der Waals surface area (Å²) >= 11 is 0. The highest BCUT2D eigenvalue weighted by Crippen LogP contribution is 2.14. The van der Waals surface area contributed by atoms with Crippen molar-refractivity contribution in [2.45, 2.75) is 52.1 Å². The van der Waals surface area contributed by atoms with Crippen molar-refractivity contribution in [3.63, 3.8) is 0 Å². The molecular weight excluding hydrogens is 212 g/mol. The standard InChI is InChI=1S/C14H30N2O/c1-12(2)9-13(10-15)6-7-16-11-14-5-3-4-8-17-14/h12-14,16H,3-11,15H2,1-2H3. The lowest BCUT2D eigenvalue weighted by Gasteiger charge is -2.23. The van der Waals surface area contributed by atoms with Crippen LogP contribution < -0.4 is 11.1 Å². The molecule has 1 fully saturated rings. The van der Waals surface area contributed by atoms with Gasteiger partial charge in [-0.2, -0.15) is 0 Å². The van der Waals surface area contributed by atoms with Crippen molar-refractivity contribution in [2.75, 3.05) is 26.2 Å². The second-order valence-corrected chi connectivity index (χ2v) is 5.71. The van der Waals surface area contributed by atoms with Crippen molar-refractivity contribution in [1.29, 1.82) is 0 Å². The predicted molar refractivity (Wildman–Crippen MR) is 73.1 cm³/mol. The molecule has 17 heavy (non-hydrogen) atoms. The molecule has 0 aromatic carbocycles. The van der Waals surface area contributed by atoms with E-state index >= 15 is 0 Å². The third-order valence-corrected chi connectivity index (χ3v) is 3.51. The number of nitrogens with one attached hydrogen (secondary N) is 1. The van der Waals surface area contributed by atoms with Gasteiger partial charge in [-0.05, 0) is 57.0 Å². The molecule has 0 bridgehead atoms. The van der Waals surface area contributed by atoms with Crippen LogP contribution in [0.15, 0.2) is 0 Å². The number of hydrogen-bond donors (Lipinski definition) is 2. The van der Waals surface area contributed by atoms with Gasteiger partial charge in [0.2, 0.25) is 0 Å². The molecule has 0 radical (unpaired) electrons. The summed E-state index contributed by atoms with van der Waals surface area (Å²) in [6.45, 7) is 8.40. The van der Waals surface area contributed by atoms with E-state index < -0.39 is 0 Å². The van der Waals surface area contributed by atoms with Crippen LogP contribution in [-0.4, -0.2) is 32.3 Å². The Balaban J connectivity index is 2.01. The van der Waals surface area contributed by atoms with Gasteiger partial charge in [-0.1, -0.05) is 13.8 Å². The number of nitrogens with two attached hydrogens (primary N) is 1. The first-order chi connectivity index (χ1) is 8.22. The smallest absolute Gasteiger partial charge is 0.0699 e. The van der Waals surface area contributed by atoms with Crippen LogP contribution in [0.5, 0.6) is 0 Å². The Morgan fingerprint density at radius 3 is 2.76 bits per heavy atom. The highest BCUT2D eigenvalue weighted by Gasteiger charge is 2.13. The zero-order valence-electron chi connectivity index (χ0n) is 11.6. The summed E-state index contributed by atoms with van der Waals surface area (Å²) in [5.41, 5.74) is 5.79. The van der Waals surface area contributed by atoms with Crippen LogP contribution >= 0.6 is 0 Å². The lowest BCUT2D eigenvalue weighted by molar-refractivity contribution is 0.0169. The van der Waals surface area contributed by atoms with E-state index in [0.717, 1.165) is 32.2 Å². The quantitative estimate of drug-likeness (QED) is 0.641. The molecule has 0 saturated carbocycles. The normalized spacial score (nSPS) is 22.9. The highest BCUT2D eigenvalue weighted by atomic mass is 16.5. The lowest BCUT2D eigenvalue weighted by Crippen LogP contribution is -2.33. The van der Waals surface area contributed by atoms with E-state index in [1.165, 1.54) is 32.1 Å². The van der Waals surface area contributed by atoms with Crippen LogP contribution in [0.25, 0.3) is 0 Å². The number of ether oxygens (including phenoxy) is 1. The second kappa shape index (κ2) is 8.90. The molecule has 3 heteroatoms. The summed E-state index contributed by atoms with van der Waals surface area (Å²) in [4.78, 5) is 0. The zero-order valence-corrected chi connectivity index (χ0v) is 11.6. The van der Waals surface area contributed by atoms with Crippen molar-refractivity contribution in [3.05, 3.63) is 0 Å². The average molecular weight is 242 g/mol. The maximum atomic E-state index is 5.79. The molecule has 1 rings (SSSR count). The van der Waals surface area contributed by atoms with Gasteiger partial charge in [-0.25, -0.2) is 0 Å². The fourth-order valence-electron chi connectivity index (χ4n) is 2.54. The SMILES string of the molecule is CC(C)CC(CN)CCNCC1CCCCO1. The number of hydrogen-bond acceptors (Lipinski definition) is 3. The molecule has 0 aliphatic carbocycles. The highest BCUT2D eigenvalue weighted by molar-refractivity contribution is 4.68. The maximum Gasteiger partial charge on any atom is 0.0699 e. The van der Waals surface area contributed by atoms with E-state index in [-0.39, 0.29) is 0 Å². The first-order valence-corrected chi connectivity index (χ1v) is 7.24. The Bertz CT molecular complexity index is 179. The Hall–Kier alpha value is -0.120. The van der Waals surface area contributed by atoms with E-state index in [1.807, 2.05) is 0 Å². The predicted octanol–water partition coefficient (Wildman–Crippen LogP) is 2.16. The van der Waals surface area contributed by atoms with Crippen molar-refractivity contribution in [2.24, 2.45) is 17.6 Å². The molecule has 0 aromatic heterocycles. The molecule has 102 valence electrons. The molecule has 3 nitrogen and oxygen atoms in total. The monoisotopic (exact) mass is 242 g/mol. The van der Waals surface area contributed by atoms with Crippen LogP contribution in [-0.2, 0) is 4.74 Å². The van der Waals surface area contributed by atoms with Gasteiger partial charge >= 0.3 is 0 Å². The Kier molecular flexibility index (Phi) is 7.82. The molecule has 1 aliphatic rings. The van der Waals surface area contributed by atoms with Gasteiger partial charge in [0, 0.05) is 13.2 Å². The summed E-state index contributed by atoms with van der Waals surface area (Å²) < 4.78 is 5.69. The molecule has 0 aromatic rings. The third-order valence-electron chi connectivity index (χ3n) is 3.51. The van der Waals surface area contributed by atoms with Crippen LogP contribution in [0, 0.1) is 11.8 Å². The topological polar surface area (TPSA) is 47.3 Å². The van der Waals surface area contributed by atoms with Gasteiger partial charge in [0.25, 0.3) is 0 Å². The summed E-state index contributed by atoms with van der Waals surface area (Å²) in [6, 6.07) is 0. The van der Waals surface area contributed by atoms with Crippen LogP contribution in [0.3, 0.4) is 0 Å².